The monoisotopic (exact) mass is 330 g/mol. The van der Waals surface area contributed by atoms with Crippen molar-refractivity contribution in [2.45, 2.75) is 20.3 Å². The molecule has 0 atom stereocenters. The van der Waals surface area contributed by atoms with Gasteiger partial charge in [0.2, 0.25) is 0 Å². The van der Waals surface area contributed by atoms with Crippen LogP contribution in [-0.2, 0) is 9.53 Å². The zero-order valence-corrected chi connectivity index (χ0v) is 12.3. The summed E-state index contributed by atoms with van der Waals surface area (Å²) < 4.78 is 5.40. The molecular formula is C12H15BrN2O4. The molecule has 0 spiro atoms. The van der Waals surface area contributed by atoms with E-state index in [-0.39, 0.29) is 18.1 Å². The van der Waals surface area contributed by atoms with Crippen molar-refractivity contribution in [2.75, 3.05) is 18.5 Å². The third-order valence-corrected chi connectivity index (χ3v) is 3.09. The Morgan fingerprint density at radius 3 is 2.79 bits per heavy atom. The minimum Gasteiger partial charge on any atom is -0.466 e. The number of rotatable bonds is 6. The number of esters is 1. The number of hydrogen-bond donors (Lipinski definition) is 1. The first-order valence-corrected chi connectivity index (χ1v) is 6.59. The Bertz CT molecular complexity index is 491. The first-order valence-electron chi connectivity index (χ1n) is 5.79. The predicted octanol–water partition coefficient (Wildman–Crippen LogP) is 3.03. The van der Waals surface area contributed by atoms with Gasteiger partial charge in [0.1, 0.15) is 0 Å². The Hall–Kier alpha value is -1.63. The molecule has 0 aliphatic heterocycles. The summed E-state index contributed by atoms with van der Waals surface area (Å²) in [6, 6.07) is 3.12. The molecule has 0 bridgehead atoms. The highest BCUT2D eigenvalue weighted by Crippen LogP contribution is 2.30. The molecule has 0 amide bonds. The second kappa shape index (κ2) is 7.08. The van der Waals surface area contributed by atoms with Crippen LogP contribution in [0, 0.1) is 17.0 Å². The minimum atomic E-state index is -0.428. The largest absolute Gasteiger partial charge is 0.466 e. The summed E-state index contributed by atoms with van der Waals surface area (Å²) in [6.07, 6.45) is 0.246. The first-order chi connectivity index (χ1) is 8.95. The Morgan fingerprint density at radius 2 is 2.21 bits per heavy atom. The number of nitro benzene ring substituents is 1. The zero-order chi connectivity index (χ0) is 14.4. The molecule has 6 nitrogen and oxygen atoms in total. The van der Waals surface area contributed by atoms with Gasteiger partial charge in [0.25, 0.3) is 5.69 Å². The highest BCUT2D eigenvalue weighted by Gasteiger charge is 2.14. The summed E-state index contributed by atoms with van der Waals surface area (Å²) in [7, 11) is 0. The highest BCUT2D eigenvalue weighted by atomic mass is 79.9. The number of carbonyl (C=O) groups is 1. The van der Waals surface area contributed by atoms with Crippen LogP contribution in [-0.4, -0.2) is 24.0 Å². The number of halogens is 1. The molecule has 1 N–H and O–H groups in total. The van der Waals surface area contributed by atoms with E-state index in [0.717, 1.165) is 0 Å². The van der Waals surface area contributed by atoms with E-state index in [4.69, 9.17) is 4.74 Å². The quantitative estimate of drug-likeness (QED) is 0.492. The number of aryl methyl sites for hydroxylation is 1. The summed E-state index contributed by atoms with van der Waals surface area (Å²) in [5, 5.41) is 13.8. The van der Waals surface area contributed by atoms with Gasteiger partial charge in [-0.05, 0) is 35.8 Å². The van der Waals surface area contributed by atoms with Gasteiger partial charge >= 0.3 is 5.97 Å². The van der Waals surface area contributed by atoms with E-state index >= 15 is 0 Å². The van der Waals surface area contributed by atoms with Crippen LogP contribution in [0.1, 0.15) is 18.9 Å². The van der Waals surface area contributed by atoms with Gasteiger partial charge < -0.3 is 10.1 Å². The Balaban J connectivity index is 2.67. The molecule has 1 aromatic rings. The number of nitrogens with one attached hydrogen (secondary N) is 1. The van der Waals surface area contributed by atoms with Gasteiger partial charge in [-0.1, -0.05) is 0 Å². The van der Waals surface area contributed by atoms with Crippen molar-refractivity contribution in [1.29, 1.82) is 0 Å². The normalized spacial score (nSPS) is 10.1. The minimum absolute atomic E-state index is 0.0582. The van der Waals surface area contributed by atoms with Gasteiger partial charge in [0.05, 0.1) is 18.0 Å². The SMILES string of the molecule is CCOC(=O)CCNc1cc(C)c([N+](=O)[O-])cc1Br. The van der Waals surface area contributed by atoms with Crippen LogP contribution in [0.25, 0.3) is 0 Å². The van der Waals surface area contributed by atoms with E-state index in [1.54, 1.807) is 19.9 Å². The number of hydrogen-bond acceptors (Lipinski definition) is 5. The van der Waals surface area contributed by atoms with Crippen molar-refractivity contribution < 1.29 is 14.5 Å². The Kier molecular flexibility index (Phi) is 5.75. The van der Waals surface area contributed by atoms with E-state index < -0.39 is 4.92 Å². The van der Waals surface area contributed by atoms with Gasteiger partial charge in [-0.15, -0.1) is 0 Å². The average Bonchev–Trinajstić information content (AvgIpc) is 2.33. The van der Waals surface area contributed by atoms with Crippen LogP contribution in [0.3, 0.4) is 0 Å². The van der Waals surface area contributed by atoms with Crippen LogP contribution in [0.5, 0.6) is 0 Å². The fourth-order valence-electron chi connectivity index (χ4n) is 1.54. The maximum absolute atomic E-state index is 11.2. The Morgan fingerprint density at radius 1 is 1.53 bits per heavy atom. The summed E-state index contributed by atoms with van der Waals surface area (Å²) in [5.41, 5.74) is 1.34. The van der Waals surface area contributed by atoms with Crippen molar-refractivity contribution in [1.82, 2.24) is 0 Å². The van der Waals surface area contributed by atoms with E-state index in [0.29, 0.717) is 28.9 Å². The summed E-state index contributed by atoms with van der Waals surface area (Å²) in [4.78, 5) is 21.5. The van der Waals surface area contributed by atoms with Crippen molar-refractivity contribution in [3.05, 3.63) is 32.3 Å². The molecule has 0 heterocycles. The van der Waals surface area contributed by atoms with Gasteiger partial charge in [-0.3, -0.25) is 14.9 Å². The average molecular weight is 331 g/mol. The maximum atomic E-state index is 11.2. The number of benzene rings is 1. The number of ether oxygens (including phenoxy) is 1. The molecule has 0 fully saturated rings. The number of anilines is 1. The third kappa shape index (κ3) is 4.51. The second-order valence-corrected chi connectivity index (χ2v) is 4.71. The topological polar surface area (TPSA) is 81.5 Å². The molecule has 0 radical (unpaired) electrons. The highest BCUT2D eigenvalue weighted by molar-refractivity contribution is 9.10. The van der Waals surface area contributed by atoms with Crippen molar-refractivity contribution in [2.24, 2.45) is 0 Å². The molecular weight excluding hydrogens is 316 g/mol. The van der Waals surface area contributed by atoms with Gasteiger partial charge in [-0.25, -0.2) is 0 Å². The van der Waals surface area contributed by atoms with Crippen molar-refractivity contribution in [3.63, 3.8) is 0 Å². The molecule has 1 aromatic carbocycles. The van der Waals surface area contributed by atoms with E-state index in [1.807, 2.05) is 0 Å². The van der Waals surface area contributed by atoms with Gasteiger partial charge in [0, 0.05) is 28.3 Å². The molecule has 0 unspecified atom stereocenters. The molecule has 0 saturated heterocycles. The molecule has 0 aliphatic rings. The van der Waals surface area contributed by atoms with Crippen LogP contribution in [0.2, 0.25) is 0 Å². The van der Waals surface area contributed by atoms with Crippen LogP contribution in [0.4, 0.5) is 11.4 Å². The molecule has 0 saturated carbocycles. The molecule has 104 valence electrons. The lowest BCUT2D eigenvalue weighted by molar-refractivity contribution is -0.385. The first kappa shape index (κ1) is 15.4. The van der Waals surface area contributed by atoms with Crippen LogP contribution < -0.4 is 5.32 Å². The van der Waals surface area contributed by atoms with E-state index in [9.17, 15) is 14.9 Å². The Labute approximate surface area is 119 Å². The fourth-order valence-corrected chi connectivity index (χ4v) is 2.01. The van der Waals surface area contributed by atoms with E-state index in [2.05, 4.69) is 21.2 Å². The fraction of sp³-hybridized carbons (Fsp3) is 0.417. The molecule has 1 rings (SSSR count). The number of nitro groups is 1. The standard InChI is InChI=1S/C12H15BrN2O4/c1-3-19-12(16)4-5-14-10-6-8(2)11(15(17)18)7-9(10)13/h6-7,14H,3-5H2,1-2H3. The zero-order valence-electron chi connectivity index (χ0n) is 10.7. The van der Waals surface area contributed by atoms with Gasteiger partial charge in [0.15, 0.2) is 0 Å². The molecule has 19 heavy (non-hydrogen) atoms. The van der Waals surface area contributed by atoms with Gasteiger partial charge in [-0.2, -0.15) is 0 Å². The van der Waals surface area contributed by atoms with Crippen molar-refractivity contribution in [3.8, 4) is 0 Å². The van der Waals surface area contributed by atoms with Crippen LogP contribution >= 0.6 is 15.9 Å². The summed E-state index contributed by atoms with van der Waals surface area (Å²) >= 11 is 3.26. The predicted molar refractivity (Wildman–Crippen MR) is 75.3 cm³/mol. The van der Waals surface area contributed by atoms with Crippen LogP contribution in [0.15, 0.2) is 16.6 Å². The lowest BCUT2D eigenvalue weighted by Gasteiger charge is -2.09. The number of nitrogens with zero attached hydrogens (tertiary/aromatic N) is 1. The van der Waals surface area contributed by atoms with Crippen molar-refractivity contribution >= 4 is 33.3 Å². The molecule has 0 aromatic heterocycles. The lowest BCUT2D eigenvalue weighted by Crippen LogP contribution is -2.11. The smallest absolute Gasteiger partial charge is 0.307 e. The molecule has 0 aliphatic carbocycles. The third-order valence-electron chi connectivity index (χ3n) is 2.43. The van der Waals surface area contributed by atoms with E-state index in [1.165, 1.54) is 6.07 Å². The second-order valence-electron chi connectivity index (χ2n) is 3.86. The number of carbonyl (C=O) groups excluding carboxylic acids is 1. The lowest BCUT2D eigenvalue weighted by atomic mass is 10.2. The maximum Gasteiger partial charge on any atom is 0.307 e. The summed E-state index contributed by atoms with van der Waals surface area (Å²) in [5.74, 6) is -0.273. The molecule has 7 heteroatoms. The summed E-state index contributed by atoms with van der Waals surface area (Å²) in [6.45, 7) is 4.19.